The van der Waals surface area contributed by atoms with Gasteiger partial charge in [-0.3, -0.25) is 5.41 Å². The fourth-order valence-electron chi connectivity index (χ4n) is 1.94. The number of halogens is 1. The molecule has 21 heavy (non-hydrogen) atoms. The first kappa shape index (κ1) is 15.2. The van der Waals surface area contributed by atoms with Crippen molar-refractivity contribution in [2.24, 2.45) is 5.73 Å². The zero-order valence-corrected chi connectivity index (χ0v) is 12.5. The molecule has 0 fully saturated rings. The average Bonchev–Trinajstić information content (AvgIpc) is 2.46. The van der Waals surface area contributed by atoms with Crippen LogP contribution in [0.4, 0.5) is 0 Å². The highest BCUT2D eigenvalue weighted by Crippen LogP contribution is 2.24. The van der Waals surface area contributed by atoms with Crippen LogP contribution in [0, 0.1) is 5.41 Å². The van der Waals surface area contributed by atoms with Crippen LogP contribution in [0.25, 0.3) is 0 Å². The monoisotopic (exact) mass is 304 g/mol. The molecule has 0 aliphatic carbocycles. The maximum atomic E-state index is 7.26. The molecule has 0 aromatic heterocycles. The summed E-state index contributed by atoms with van der Waals surface area (Å²) >= 11 is 5.98. The molecule has 0 amide bonds. The molecular formula is C16H17ClN2O2. The predicted octanol–water partition coefficient (Wildman–Crippen LogP) is 3.41. The van der Waals surface area contributed by atoms with E-state index in [1.165, 1.54) is 0 Å². The van der Waals surface area contributed by atoms with Crippen molar-refractivity contribution < 1.29 is 9.47 Å². The van der Waals surface area contributed by atoms with Gasteiger partial charge in [-0.2, -0.15) is 0 Å². The Morgan fingerprint density at radius 2 is 1.90 bits per heavy atom. The Hall–Kier alpha value is -2.20. The van der Waals surface area contributed by atoms with E-state index in [2.05, 4.69) is 0 Å². The fraction of sp³-hybridized carbons (Fsp3) is 0.188. The summed E-state index contributed by atoms with van der Waals surface area (Å²) in [6.45, 7) is 0.371. The van der Waals surface area contributed by atoms with E-state index in [-0.39, 0.29) is 5.84 Å². The summed E-state index contributed by atoms with van der Waals surface area (Å²) in [5, 5.41) is 7.91. The molecule has 0 aliphatic heterocycles. The highest BCUT2D eigenvalue weighted by molar-refractivity contribution is 6.30. The van der Waals surface area contributed by atoms with Gasteiger partial charge in [0.25, 0.3) is 0 Å². The van der Waals surface area contributed by atoms with Crippen LogP contribution in [-0.4, -0.2) is 12.9 Å². The van der Waals surface area contributed by atoms with Crippen molar-refractivity contribution in [2.75, 3.05) is 7.11 Å². The Morgan fingerprint density at radius 1 is 1.19 bits per heavy atom. The molecule has 0 unspecified atom stereocenters. The molecule has 5 heteroatoms. The van der Waals surface area contributed by atoms with Crippen LogP contribution >= 0.6 is 11.6 Å². The van der Waals surface area contributed by atoms with Gasteiger partial charge in [-0.25, -0.2) is 0 Å². The van der Waals surface area contributed by atoms with Gasteiger partial charge in [0.05, 0.1) is 12.9 Å². The van der Waals surface area contributed by atoms with Crippen molar-refractivity contribution in [1.82, 2.24) is 0 Å². The number of benzene rings is 2. The van der Waals surface area contributed by atoms with Crippen LogP contribution in [0.2, 0.25) is 5.02 Å². The van der Waals surface area contributed by atoms with Crippen molar-refractivity contribution in [2.45, 2.75) is 13.0 Å². The van der Waals surface area contributed by atoms with Crippen LogP contribution in [0.15, 0.2) is 42.5 Å². The van der Waals surface area contributed by atoms with Crippen molar-refractivity contribution in [3.63, 3.8) is 0 Å². The van der Waals surface area contributed by atoms with E-state index in [1.807, 2.05) is 36.4 Å². The Morgan fingerprint density at radius 3 is 2.52 bits per heavy atom. The summed E-state index contributed by atoms with van der Waals surface area (Å²) < 4.78 is 11.0. The molecule has 0 saturated heterocycles. The van der Waals surface area contributed by atoms with Crippen molar-refractivity contribution in [1.29, 1.82) is 5.41 Å². The number of nitrogens with one attached hydrogen (secondary N) is 1. The van der Waals surface area contributed by atoms with E-state index in [9.17, 15) is 0 Å². The number of methoxy groups -OCH3 is 1. The van der Waals surface area contributed by atoms with Crippen molar-refractivity contribution in [3.05, 3.63) is 58.6 Å². The minimum Gasteiger partial charge on any atom is -0.496 e. The number of rotatable bonds is 6. The van der Waals surface area contributed by atoms with Crippen LogP contribution in [0.5, 0.6) is 11.5 Å². The van der Waals surface area contributed by atoms with Gasteiger partial charge >= 0.3 is 0 Å². The Bertz CT molecular complexity index is 627. The molecule has 0 bridgehead atoms. The standard InChI is InChI=1S/C16H17ClN2O2/c1-20-15-7-4-13(17)9-12(15)10-21-14-5-2-11(3-6-14)8-16(18)19/h2-7,9H,8,10H2,1H3,(H3,18,19). The summed E-state index contributed by atoms with van der Waals surface area (Å²) in [5.74, 6) is 1.63. The maximum Gasteiger partial charge on any atom is 0.125 e. The third-order valence-corrected chi connectivity index (χ3v) is 3.19. The lowest BCUT2D eigenvalue weighted by atomic mass is 10.1. The predicted molar refractivity (Wildman–Crippen MR) is 84.4 cm³/mol. The Kier molecular flexibility index (Phi) is 5.06. The van der Waals surface area contributed by atoms with E-state index in [0.717, 1.165) is 22.6 Å². The third kappa shape index (κ3) is 4.39. The third-order valence-electron chi connectivity index (χ3n) is 2.95. The van der Waals surface area contributed by atoms with E-state index < -0.39 is 0 Å². The van der Waals surface area contributed by atoms with E-state index in [0.29, 0.717) is 18.1 Å². The first-order valence-corrected chi connectivity index (χ1v) is 6.83. The molecule has 0 aliphatic rings. The minimum atomic E-state index is 0.146. The molecule has 0 radical (unpaired) electrons. The van der Waals surface area contributed by atoms with Crippen LogP contribution in [-0.2, 0) is 13.0 Å². The Balaban J connectivity index is 2.03. The molecule has 3 N–H and O–H groups in total. The maximum absolute atomic E-state index is 7.26. The number of amidine groups is 1. The first-order valence-electron chi connectivity index (χ1n) is 6.45. The molecule has 0 saturated carbocycles. The zero-order chi connectivity index (χ0) is 15.2. The second-order valence-electron chi connectivity index (χ2n) is 4.59. The van der Waals surface area contributed by atoms with Gasteiger partial charge in [0.15, 0.2) is 0 Å². The van der Waals surface area contributed by atoms with Crippen molar-refractivity contribution >= 4 is 17.4 Å². The number of nitrogens with two attached hydrogens (primary N) is 1. The van der Waals surface area contributed by atoms with E-state index >= 15 is 0 Å². The molecule has 0 atom stereocenters. The lowest BCUT2D eigenvalue weighted by Gasteiger charge is -2.11. The number of ether oxygens (including phenoxy) is 2. The smallest absolute Gasteiger partial charge is 0.125 e. The summed E-state index contributed by atoms with van der Waals surface area (Å²) in [6, 6.07) is 12.9. The zero-order valence-electron chi connectivity index (χ0n) is 11.7. The van der Waals surface area contributed by atoms with Gasteiger partial charge in [0, 0.05) is 17.0 Å². The number of hydrogen-bond acceptors (Lipinski definition) is 3. The Labute approximate surface area is 129 Å². The summed E-state index contributed by atoms with van der Waals surface area (Å²) in [6.07, 6.45) is 0.447. The molecule has 2 aromatic rings. The quantitative estimate of drug-likeness (QED) is 0.635. The highest BCUT2D eigenvalue weighted by Gasteiger charge is 2.05. The summed E-state index contributed by atoms with van der Waals surface area (Å²) in [4.78, 5) is 0. The van der Waals surface area contributed by atoms with Gasteiger partial charge in [-0.1, -0.05) is 23.7 Å². The summed E-state index contributed by atoms with van der Waals surface area (Å²) in [5.41, 5.74) is 7.24. The van der Waals surface area contributed by atoms with Crippen molar-refractivity contribution in [3.8, 4) is 11.5 Å². The lowest BCUT2D eigenvalue weighted by molar-refractivity contribution is 0.296. The van der Waals surface area contributed by atoms with E-state index in [4.69, 9.17) is 32.2 Å². The first-order chi connectivity index (χ1) is 10.1. The second-order valence-corrected chi connectivity index (χ2v) is 5.03. The summed E-state index contributed by atoms with van der Waals surface area (Å²) in [7, 11) is 1.61. The molecule has 0 heterocycles. The molecular weight excluding hydrogens is 288 g/mol. The normalized spacial score (nSPS) is 10.2. The topological polar surface area (TPSA) is 68.3 Å². The second kappa shape index (κ2) is 6.99. The van der Waals surface area contributed by atoms with Crippen LogP contribution < -0.4 is 15.2 Å². The average molecular weight is 305 g/mol. The van der Waals surface area contributed by atoms with E-state index in [1.54, 1.807) is 13.2 Å². The molecule has 2 rings (SSSR count). The molecule has 2 aromatic carbocycles. The molecule has 110 valence electrons. The SMILES string of the molecule is COc1ccc(Cl)cc1COc1ccc(CC(=N)N)cc1. The van der Waals surface area contributed by atoms with Crippen LogP contribution in [0.1, 0.15) is 11.1 Å². The fourth-order valence-corrected chi connectivity index (χ4v) is 2.14. The molecule has 0 spiro atoms. The number of hydrogen-bond donors (Lipinski definition) is 2. The largest absolute Gasteiger partial charge is 0.496 e. The van der Waals surface area contributed by atoms with Gasteiger partial charge < -0.3 is 15.2 Å². The molecule has 4 nitrogen and oxygen atoms in total. The highest BCUT2D eigenvalue weighted by atomic mass is 35.5. The van der Waals surface area contributed by atoms with Crippen LogP contribution in [0.3, 0.4) is 0 Å². The van der Waals surface area contributed by atoms with Gasteiger partial charge in [0.1, 0.15) is 18.1 Å². The minimum absolute atomic E-state index is 0.146. The van der Waals surface area contributed by atoms with Gasteiger partial charge in [0.2, 0.25) is 0 Å². The van der Waals surface area contributed by atoms with Gasteiger partial charge in [-0.15, -0.1) is 0 Å². The lowest BCUT2D eigenvalue weighted by Crippen LogP contribution is -2.12. The van der Waals surface area contributed by atoms with Gasteiger partial charge in [-0.05, 0) is 35.9 Å².